The maximum atomic E-state index is 12.2. The van der Waals surface area contributed by atoms with Gasteiger partial charge in [-0.1, -0.05) is 41.9 Å². The molecule has 1 heterocycles. The largest absolute Gasteiger partial charge is 0.495 e. The molecule has 0 radical (unpaired) electrons. The second-order valence-electron chi connectivity index (χ2n) is 5.37. The van der Waals surface area contributed by atoms with Crippen LogP contribution in [0.4, 0.5) is 0 Å². The fourth-order valence-corrected chi connectivity index (χ4v) is 3.40. The first-order valence-electron chi connectivity index (χ1n) is 7.79. The lowest BCUT2D eigenvalue weighted by molar-refractivity contribution is 0.0953. The molecule has 6 heteroatoms. The van der Waals surface area contributed by atoms with Gasteiger partial charge in [0.05, 0.1) is 17.8 Å². The smallest absolute Gasteiger partial charge is 0.251 e. The maximum absolute atomic E-state index is 12.2. The van der Waals surface area contributed by atoms with Gasteiger partial charge in [0.15, 0.2) is 0 Å². The minimum absolute atomic E-state index is 0.159. The minimum atomic E-state index is -0.159. The molecule has 0 aliphatic rings. The number of halogens is 1. The van der Waals surface area contributed by atoms with Gasteiger partial charge >= 0.3 is 0 Å². The molecule has 0 unspecified atom stereocenters. The number of thiazole rings is 1. The molecule has 1 amide bonds. The molecular weight excluding hydrogens is 356 g/mol. The molecule has 3 aromatic rings. The number of ether oxygens (including phenoxy) is 1. The Morgan fingerprint density at radius 3 is 2.80 bits per heavy atom. The predicted molar refractivity (Wildman–Crippen MR) is 102 cm³/mol. The summed E-state index contributed by atoms with van der Waals surface area (Å²) in [4.78, 5) is 16.8. The van der Waals surface area contributed by atoms with Gasteiger partial charge in [0.2, 0.25) is 0 Å². The van der Waals surface area contributed by atoms with Crippen LogP contribution in [0.1, 0.15) is 16.1 Å². The van der Waals surface area contributed by atoms with Gasteiger partial charge in [-0.2, -0.15) is 0 Å². The van der Waals surface area contributed by atoms with Crippen molar-refractivity contribution >= 4 is 28.8 Å². The average molecular weight is 373 g/mol. The summed E-state index contributed by atoms with van der Waals surface area (Å²) in [6, 6.07) is 15.0. The summed E-state index contributed by atoms with van der Waals surface area (Å²) in [5.41, 5.74) is 2.60. The van der Waals surface area contributed by atoms with Gasteiger partial charge in [0, 0.05) is 29.5 Å². The lowest BCUT2D eigenvalue weighted by Crippen LogP contribution is -2.25. The van der Waals surface area contributed by atoms with Crippen molar-refractivity contribution < 1.29 is 9.53 Å². The average Bonchev–Trinajstić information content (AvgIpc) is 3.11. The predicted octanol–water partition coefficient (Wildman–Crippen LogP) is 4.44. The maximum Gasteiger partial charge on any atom is 0.251 e. The monoisotopic (exact) mass is 372 g/mol. The minimum Gasteiger partial charge on any atom is -0.495 e. The van der Waals surface area contributed by atoms with Crippen LogP contribution in [0.5, 0.6) is 5.75 Å². The van der Waals surface area contributed by atoms with E-state index in [1.165, 1.54) is 7.11 Å². The molecule has 1 aromatic heterocycles. The lowest BCUT2D eigenvalue weighted by atomic mass is 10.2. The molecule has 128 valence electrons. The molecule has 3 rings (SSSR count). The molecule has 1 N–H and O–H groups in total. The van der Waals surface area contributed by atoms with Gasteiger partial charge in [-0.25, -0.2) is 4.98 Å². The number of hydrogen-bond donors (Lipinski definition) is 1. The molecule has 0 aliphatic heterocycles. The summed E-state index contributed by atoms with van der Waals surface area (Å²) in [6.07, 6.45) is 0.680. The van der Waals surface area contributed by atoms with Gasteiger partial charge in [-0.05, 0) is 18.2 Å². The summed E-state index contributed by atoms with van der Waals surface area (Å²) >= 11 is 7.58. The Morgan fingerprint density at radius 1 is 1.24 bits per heavy atom. The van der Waals surface area contributed by atoms with Crippen molar-refractivity contribution in [3.63, 3.8) is 0 Å². The van der Waals surface area contributed by atoms with E-state index in [-0.39, 0.29) is 5.91 Å². The van der Waals surface area contributed by atoms with Gasteiger partial charge in [-0.15, -0.1) is 11.3 Å². The van der Waals surface area contributed by atoms with E-state index in [4.69, 9.17) is 16.3 Å². The highest BCUT2D eigenvalue weighted by molar-refractivity contribution is 7.13. The van der Waals surface area contributed by atoms with Crippen molar-refractivity contribution in [1.82, 2.24) is 10.3 Å². The summed E-state index contributed by atoms with van der Waals surface area (Å²) in [6.45, 7) is 0.516. The molecule has 0 atom stereocenters. The van der Waals surface area contributed by atoms with Crippen molar-refractivity contribution in [2.45, 2.75) is 6.42 Å². The Balaban J connectivity index is 1.56. The zero-order chi connectivity index (χ0) is 17.6. The molecule has 0 bridgehead atoms. The number of amides is 1. The van der Waals surface area contributed by atoms with Crippen molar-refractivity contribution in [2.24, 2.45) is 0 Å². The van der Waals surface area contributed by atoms with Gasteiger partial charge in [0.25, 0.3) is 5.91 Å². The SMILES string of the molecule is COc1cc(C(=O)NCCc2csc(-c3ccccc3)n2)ccc1Cl. The molecule has 0 aliphatic carbocycles. The second-order valence-corrected chi connectivity index (χ2v) is 6.63. The third-order valence-corrected chi connectivity index (χ3v) is 4.90. The fraction of sp³-hybridized carbons (Fsp3) is 0.158. The molecule has 25 heavy (non-hydrogen) atoms. The quantitative estimate of drug-likeness (QED) is 0.695. The summed E-state index contributed by atoms with van der Waals surface area (Å²) in [5.74, 6) is 0.329. The molecule has 0 saturated heterocycles. The lowest BCUT2D eigenvalue weighted by Gasteiger charge is -2.07. The highest BCUT2D eigenvalue weighted by Crippen LogP contribution is 2.25. The first-order chi connectivity index (χ1) is 12.2. The fourth-order valence-electron chi connectivity index (χ4n) is 2.34. The highest BCUT2D eigenvalue weighted by atomic mass is 35.5. The van der Waals surface area contributed by atoms with E-state index in [0.29, 0.717) is 29.3 Å². The van der Waals surface area contributed by atoms with Crippen LogP contribution in [0.15, 0.2) is 53.9 Å². The summed E-state index contributed by atoms with van der Waals surface area (Å²) in [7, 11) is 1.52. The molecular formula is C19H17ClN2O2S. The number of benzene rings is 2. The van der Waals surface area contributed by atoms with E-state index in [1.54, 1.807) is 29.5 Å². The zero-order valence-electron chi connectivity index (χ0n) is 13.7. The third kappa shape index (κ3) is 4.38. The number of nitrogens with zero attached hydrogens (tertiary/aromatic N) is 1. The summed E-state index contributed by atoms with van der Waals surface area (Å²) in [5, 5.41) is 6.39. The molecule has 4 nitrogen and oxygen atoms in total. The molecule has 0 fully saturated rings. The number of aromatic nitrogens is 1. The number of hydrogen-bond acceptors (Lipinski definition) is 4. The van der Waals surface area contributed by atoms with Crippen LogP contribution < -0.4 is 10.1 Å². The molecule has 0 spiro atoms. The Kier molecular flexibility index (Phi) is 5.68. The number of nitrogens with one attached hydrogen (secondary N) is 1. The zero-order valence-corrected chi connectivity index (χ0v) is 15.2. The van der Waals surface area contributed by atoms with E-state index >= 15 is 0 Å². The van der Waals surface area contributed by atoms with Crippen molar-refractivity contribution in [3.05, 3.63) is 70.2 Å². The Hall–Kier alpha value is -2.37. The number of rotatable bonds is 6. The van der Waals surface area contributed by atoms with E-state index in [2.05, 4.69) is 10.3 Å². The first kappa shape index (κ1) is 17.5. The van der Waals surface area contributed by atoms with Crippen molar-refractivity contribution in [1.29, 1.82) is 0 Å². The van der Waals surface area contributed by atoms with E-state index in [1.807, 2.05) is 35.7 Å². The normalized spacial score (nSPS) is 10.5. The number of carbonyl (C=O) groups is 1. The van der Waals surface area contributed by atoms with E-state index < -0.39 is 0 Å². The van der Waals surface area contributed by atoms with Crippen molar-refractivity contribution in [2.75, 3.05) is 13.7 Å². The molecule has 2 aromatic carbocycles. The van der Waals surface area contributed by atoms with E-state index in [0.717, 1.165) is 16.3 Å². The van der Waals surface area contributed by atoms with Gasteiger partial charge in [-0.3, -0.25) is 4.79 Å². The Morgan fingerprint density at radius 2 is 2.04 bits per heavy atom. The van der Waals surface area contributed by atoms with Crippen LogP contribution in [-0.4, -0.2) is 24.5 Å². The highest BCUT2D eigenvalue weighted by Gasteiger charge is 2.10. The standard InChI is InChI=1S/C19H17ClN2O2S/c1-24-17-11-14(7-8-16(17)20)18(23)21-10-9-15-12-25-19(22-15)13-5-3-2-4-6-13/h2-8,11-12H,9-10H2,1H3,(H,21,23). The number of methoxy groups -OCH3 is 1. The first-order valence-corrected chi connectivity index (χ1v) is 9.04. The van der Waals surface area contributed by atoms with Gasteiger partial charge in [0.1, 0.15) is 10.8 Å². The van der Waals surface area contributed by atoms with Crippen LogP contribution in [0.2, 0.25) is 5.02 Å². The van der Waals surface area contributed by atoms with Crippen LogP contribution >= 0.6 is 22.9 Å². The topological polar surface area (TPSA) is 51.2 Å². The number of carbonyl (C=O) groups excluding carboxylic acids is 1. The van der Waals surface area contributed by atoms with Crippen LogP contribution in [0.3, 0.4) is 0 Å². The third-order valence-electron chi connectivity index (χ3n) is 3.65. The second kappa shape index (κ2) is 8.14. The van der Waals surface area contributed by atoms with Crippen LogP contribution in [0, 0.1) is 0 Å². The Labute approximate surface area is 155 Å². The van der Waals surface area contributed by atoms with Crippen molar-refractivity contribution in [3.8, 4) is 16.3 Å². The summed E-state index contributed by atoms with van der Waals surface area (Å²) < 4.78 is 5.13. The van der Waals surface area contributed by atoms with Gasteiger partial charge < -0.3 is 10.1 Å². The van der Waals surface area contributed by atoms with E-state index in [9.17, 15) is 4.79 Å². The van der Waals surface area contributed by atoms with Crippen LogP contribution in [0.25, 0.3) is 10.6 Å². The van der Waals surface area contributed by atoms with Crippen LogP contribution in [-0.2, 0) is 6.42 Å². The Bertz CT molecular complexity index is 865. The molecule has 0 saturated carbocycles.